The van der Waals surface area contributed by atoms with Gasteiger partial charge in [0.2, 0.25) is 11.8 Å². The number of carbonyl (C=O) groups excluding carboxylic acids is 1. The Morgan fingerprint density at radius 1 is 1.15 bits per heavy atom. The summed E-state index contributed by atoms with van der Waals surface area (Å²) in [6.07, 6.45) is 8.29. The van der Waals surface area contributed by atoms with Gasteiger partial charge in [0.15, 0.2) is 23.0 Å². The number of allylic oxidation sites excluding steroid dienone is 2. The molecule has 0 bridgehead atoms. The van der Waals surface area contributed by atoms with Gasteiger partial charge in [-0.1, -0.05) is 31.2 Å². The van der Waals surface area contributed by atoms with Gasteiger partial charge in [0.1, 0.15) is 5.56 Å². The molecule has 0 aliphatic heterocycles. The average molecular weight is 454 g/mol. The van der Waals surface area contributed by atoms with Gasteiger partial charge in [-0.3, -0.25) is 10.1 Å². The molecule has 2 aromatic carbocycles. The highest BCUT2D eigenvalue weighted by Crippen LogP contribution is 2.45. The van der Waals surface area contributed by atoms with Crippen molar-refractivity contribution in [1.29, 1.82) is 0 Å². The van der Waals surface area contributed by atoms with Crippen LogP contribution >= 0.6 is 0 Å². The zero-order valence-corrected chi connectivity index (χ0v) is 18.2. The maximum absolute atomic E-state index is 13.6. The molecular weight excluding hydrogens is 431 g/mol. The Morgan fingerprint density at radius 2 is 1.82 bits per heavy atom. The summed E-state index contributed by atoms with van der Waals surface area (Å²) in [5.41, 5.74) is 1.37. The van der Waals surface area contributed by atoms with Crippen molar-refractivity contribution in [2.24, 2.45) is 0 Å². The molecule has 1 amide bonds. The van der Waals surface area contributed by atoms with E-state index in [4.69, 9.17) is 0 Å². The number of phenols is 4. The van der Waals surface area contributed by atoms with E-state index in [0.717, 1.165) is 17.7 Å². The molecule has 0 atom stereocenters. The van der Waals surface area contributed by atoms with Crippen LogP contribution in [0.3, 0.4) is 0 Å². The number of anilines is 1. The van der Waals surface area contributed by atoms with Gasteiger partial charge in [0, 0.05) is 24.3 Å². The standard InChI is InChI=1S/C23H23FN4O5/c1-4-6-9-28(3)15(5-2)12-7-8-13-11-25-23(26-14(13)10-12)27-22(33)16-18(29)20(31)17(24)21(32)19(16)30/h5-11,29-32H,4H2,1-3H3,(H,25,26,27,33)/b9-6+,15-5-. The van der Waals surface area contributed by atoms with Crippen molar-refractivity contribution in [1.82, 2.24) is 14.9 Å². The molecule has 3 rings (SSSR count). The summed E-state index contributed by atoms with van der Waals surface area (Å²) in [7, 11) is 1.92. The van der Waals surface area contributed by atoms with Crippen LogP contribution in [0.1, 0.15) is 36.2 Å². The number of carbonyl (C=O) groups is 1. The van der Waals surface area contributed by atoms with E-state index in [1.165, 1.54) is 6.20 Å². The molecule has 172 valence electrons. The van der Waals surface area contributed by atoms with Crippen LogP contribution in [-0.4, -0.2) is 48.2 Å². The molecular formula is C23H23FN4O5. The van der Waals surface area contributed by atoms with Gasteiger partial charge in [-0.2, -0.15) is 4.39 Å². The third-order valence-electron chi connectivity index (χ3n) is 4.89. The number of aromatic nitrogens is 2. The molecule has 0 unspecified atom stereocenters. The highest BCUT2D eigenvalue weighted by atomic mass is 19.1. The summed E-state index contributed by atoms with van der Waals surface area (Å²) in [6.45, 7) is 3.95. The zero-order valence-electron chi connectivity index (χ0n) is 18.2. The van der Waals surface area contributed by atoms with Crippen molar-refractivity contribution in [2.75, 3.05) is 12.4 Å². The topological polar surface area (TPSA) is 139 Å². The Balaban J connectivity index is 1.96. The van der Waals surface area contributed by atoms with Crippen molar-refractivity contribution in [3.05, 3.63) is 59.7 Å². The number of rotatable bonds is 6. The number of benzene rings is 2. The zero-order chi connectivity index (χ0) is 24.3. The molecule has 0 aliphatic carbocycles. The van der Waals surface area contributed by atoms with Crippen LogP contribution in [0.25, 0.3) is 16.6 Å². The number of nitrogens with zero attached hydrogens (tertiary/aromatic N) is 3. The highest BCUT2D eigenvalue weighted by Gasteiger charge is 2.28. The lowest BCUT2D eigenvalue weighted by Gasteiger charge is -2.19. The van der Waals surface area contributed by atoms with E-state index in [1.807, 2.05) is 62.3 Å². The number of phenolic OH excluding ortho intramolecular Hbond substituents is 4. The summed E-state index contributed by atoms with van der Waals surface area (Å²) in [4.78, 5) is 22.8. The fraction of sp³-hybridized carbons (Fsp3) is 0.174. The predicted molar refractivity (Wildman–Crippen MR) is 121 cm³/mol. The van der Waals surface area contributed by atoms with Gasteiger partial charge >= 0.3 is 0 Å². The lowest BCUT2D eigenvalue weighted by atomic mass is 10.1. The fourth-order valence-corrected chi connectivity index (χ4v) is 3.21. The monoisotopic (exact) mass is 454 g/mol. The smallest absolute Gasteiger partial charge is 0.265 e. The minimum Gasteiger partial charge on any atom is -0.504 e. The van der Waals surface area contributed by atoms with Crippen molar-refractivity contribution in [3.8, 4) is 23.0 Å². The van der Waals surface area contributed by atoms with Crippen LogP contribution < -0.4 is 5.32 Å². The summed E-state index contributed by atoms with van der Waals surface area (Å²) in [6, 6.07) is 5.54. The van der Waals surface area contributed by atoms with Crippen LogP contribution in [0.5, 0.6) is 23.0 Å². The van der Waals surface area contributed by atoms with Crippen LogP contribution in [0, 0.1) is 5.82 Å². The van der Waals surface area contributed by atoms with Gasteiger partial charge in [-0.05, 0) is 31.2 Å². The summed E-state index contributed by atoms with van der Waals surface area (Å²) in [5.74, 6) is -8.21. The van der Waals surface area contributed by atoms with E-state index in [0.29, 0.717) is 10.9 Å². The second kappa shape index (κ2) is 9.43. The minimum atomic E-state index is -1.66. The Bertz CT molecular complexity index is 1260. The summed E-state index contributed by atoms with van der Waals surface area (Å²) >= 11 is 0. The lowest BCUT2D eigenvalue weighted by molar-refractivity contribution is 0.101. The first-order valence-electron chi connectivity index (χ1n) is 9.99. The normalized spacial score (nSPS) is 11.8. The van der Waals surface area contributed by atoms with E-state index < -0.39 is 40.3 Å². The quantitative estimate of drug-likeness (QED) is 0.278. The predicted octanol–water partition coefficient (Wildman–Crippen LogP) is 4.06. The van der Waals surface area contributed by atoms with Gasteiger partial charge in [-0.25, -0.2) is 9.97 Å². The van der Waals surface area contributed by atoms with Gasteiger partial charge in [-0.15, -0.1) is 0 Å². The van der Waals surface area contributed by atoms with Crippen LogP contribution in [0.15, 0.2) is 42.7 Å². The second-order valence-electron chi connectivity index (χ2n) is 7.08. The average Bonchev–Trinajstić information content (AvgIpc) is 2.80. The molecule has 5 N–H and O–H groups in total. The Labute approximate surface area is 188 Å². The van der Waals surface area contributed by atoms with Gasteiger partial charge in [0.05, 0.1) is 5.52 Å². The molecule has 0 saturated heterocycles. The molecule has 33 heavy (non-hydrogen) atoms. The molecule has 0 aliphatic rings. The summed E-state index contributed by atoms with van der Waals surface area (Å²) in [5, 5.41) is 41.7. The molecule has 9 nitrogen and oxygen atoms in total. The van der Waals surface area contributed by atoms with E-state index in [1.54, 1.807) is 0 Å². The van der Waals surface area contributed by atoms with Crippen LogP contribution in [-0.2, 0) is 0 Å². The van der Waals surface area contributed by atoms with E-state index in [2.05, 4.69) is 15.3 Å². The first-order chi connectivity index (χ1) is 15.7. The Hall–Kier alpha value is -4.34. The van der Waals surface area contributed by atoms with Crippen molar-refractivity contribution in [2.45, 2.75) is 20.3 Å². The van der Waals surface area contributed by atoms with Crippen LogP contribution in [0.2, 0.25) is 0 Å². The molecule has 0 radical (unpaired) electrons. The number of fused-ring (bicyclic) bond motifs is 1. The first-order valence-corrected chi connectivity index (χ1v) is 9.99. The Morgan fingerprint density at radius 3 is 2.42 bits per heavy atom. The van der Waals surface area contributed by atoms with Crippen LogP contribution in [0.4, 0.5) is 10.3 Å². The molecule has 1 heterocycles. The first kappa shape index (κ1) is 23.3. The molecule has 0 saturated carbocycles. The molecule has 10 heteroatoms. The number of hydrogen-bond acceptors (Lipinski definition) is 8. The highest BCUT2D eigenvalue weighted by molar-refractivity contribution is 6.08. The minimum absolute atomic E-state index is 0.173. The number of amides is 1. The van der Waals surface area contributed by atoms with E-state index >= 15 is 0 Å². The third-order valence-corrected chi connectivity index (χ3v) is 4.89. The van der Waals surface area contributed by atoms with Gasteiger partial charge < -0.3 is 25.3 Å². The Kier molecular flexibility index (Phi) is 6.67. The fourth-order valence-electron chi connectivity index (χ4n) is 3.21. The number of aromatic hydroxyl groups is 4. The number of halogens is 1. The molecule has 0 spiro atoms. The third kappa shape index (κ3) is 4.49. The van der Waals surface area contributed by atoms with Gasteiger partial charge in [0.25, 0.3) is 5.91 Å². The van der Waals surface area contributed by atoms with Crippen molar-refractivity contribution >= 4 is 28.5 Å². The van der Waals surface area contributed by atoms with Crippen molar-refractivity contribution in [3.63, 3.8) is 0 Å². The summed E-state index contributed by atoms with van der Waals surface area (Å²) < 4.78 is 13.6. The van der Waals surface area contributed by atoms with E-state index in [-0.39, 0.29) is 5.95 Å². The second-order valence-corrected chi connectivity index (χ2v) is 7.08. The lowest BCUT2D eigenvalue weighted by Crippen LogP contribution is -2.15. The SMILES string of the molecule is C/C=C(/c1ccc2cnc(NC(=O)c3c(O)c(O)c(F)c(O)c3O)nc2c1)N(C)/C=C/CC. The molecule has 1 aromatic heterocycles. The number of nitrogens with one attached hydrogen (secondary N) is 1. The van der Waals surface area contributed by atoms with Crippen molar-refractivity contribution < 1.29 is 29.6 Å². The number of hydrogen-bond donors (Lipinski definition) is 5. The molecule has 0 fully saturated rings. The maximum atomic E-state index is 13.6. The van der Waals surface area contributed by atoms with E-state index in [9.17, 15) is 29.6 Å². The largest absolute Gasteiger partial charge is 0.504 e. The maximum Gasteiger partial charge on any atom is 0.265 e. The molecule has 3 aromatic rings.